The third-order valence-corrected chi connectivity index (χ3v) is 8.86. The number of nitrogens with zero attached hydrogens (tertiary/aromatic N) is 1. The number of carbonyl (C=O) groups excluding carboxylic acids is 3. The molecule has 11 nitrogen and oxygen atoms in total. The van der Waals surface area contributed by atoms with Gasteiger partial charge in [-0.3, -0.25) is 4.79 Å². The first-order chi connectivity index (χ1) is 24.6. The van der Waals surface area contributed by atoms with Crippen LogP contribution in [0.5, 0.6) is 11.5 Å². The zero-order valence-corrected chi connectivity index (χ0v) is 31.5. The second-order valence-corrected chi connectivity index (χ2v) is 15.5. The summed E-state index contributed by atoms with van der Waals surface area (Å²) in [5.74, 6) is 0.282. The number of benzene rings is 3. The van der Waals surface area contributed by atoms with Crippen LogP contribution in [-0.2, 0) is 22.6 Å². The second kappa shape index (κ2) is 18.1. The van der Waals surface area contributed by atoms with E-state index in [-0.39, 0.29) is 23.5 Å². The van der Waals surface area contributed by atoms with Gasteiger partial charge in [-0.1, -0.05) is 48.5 Å². The van der Waals surface area contributed by atoms with Crippen LogP contribution in [0.1, 0.15) is 112 Å². The summed E-state index contributed by atoms with van der Waals surface area (Å²) in [6, 6.07) is 20.8. The van der Waals surface area contributed by atoms with E-state index in [0.717, 1.165) is 37.1 Å². The van der Waals surface area contributed by atoms with Gasteiger partial charge in [-0.25, -0.2) is 9.59 Å². The lowest BCUT2D eigenvalue weighted by Crippen LogP contribution is -2.37. The highest BCUT2D eigenvalue weighted by molar-refractivity contribution is 5.95. The highest BCUT2D eigenvalue weighted by Crippen LogP contribution is 2.31. The molecule has 2 saturated heterocycles. The van der Waals surface area contributed by atoms with Crippen LogP contribution in [0, 0.1) is 0 Å². The minimum absolute atomic E-state index is 0.149. The number of hydrogen-bond donors (Lipinski definition) is 5. The zero-order valence-electron chi connectivity index (χ0n) is 31.5. The first-order valence-electron chi connectivity index (χ1n) is 18.2. The second-order valence-electron chi connectivity index (χ2n) is 15.5. The van der Waals surface area contributed by atoms with Crippen molar-refractivity contribution in [3.63, 3.8) is 0 Å². The Labute approximate surface area is 308 Å². The van der Waals surface area contributed by atoms with E-state index in [4.69, 9.17) is 9.47 Å². The summed E-state index contributed by atoms with van der Waals surface area (Å²) in [7, 11) is 0. The van der Waals surface area contributed by atoms with E-state index in [1.807, 2.05) is 59.7 Å². The standard InChI is InChI=1S/C24H30N2O5.C17H26N2O2/c1-24(2,3)31-23(30)25-15-16-5-4-6-18(13-16)17-9-11-26(12-10-17)22(29)19-7-8-20(27)21(28)14-19;1-17(2,3)21-16(20)19-12-13-5-4-6-15(11-13)14-7-9-18-10-8-14/h4-8,13-14,17,27-28H,9-12,15H2,1-3H3,(H,25,30);4-6,11,14,18H,7-10,12H2,1-3H3,(H,19,20). The molecule has 5 rings (SSSR count). The predicted molar refractivity (Wildman–Crippen MR) is 202 cm³/mol. The number of phenols is 2. The van der Waals surface area contributed by atoms with E-state index in [1.165, 1.54) is 42.2 Å². The van der Waals surface area contributed by atoms with Crippen LogP contribution < -0.4 is 16.0 Å². The molecular formula is C41H56N4O7. The molecule has 0 saturated carbocycles. The van der Waals surface area contributed by atoms with Crippen molar-refractivity contribution in [2.75, 3.05) is 26.2 Å². The molecule has 282 valence electrons. The van der Waals surface area contributed by atoms with Gasteiger partial charge in [0.2, 0.25) is 0 Å². The summed E-state index contributed by atoms with van der Waals surface area (Å²) in [5, 5.41) is 28.1. The average Bonchev–Trinajstić information content (AvgIpc) is 3.10. The fourth-order valence-electron chi connectivity index (χ4n) is 6.30. The number of ether oxygens (including phenoxy) is 2. The van der Waals surface area contributed by atoms with E-state index in [9.17, 15) is 24.6 Å². The van der Waals surface area contributed by atoms with Crippen molar-refractivity contribution in [2.24, 2.45) is 0 Å². The summed E-state index contributed by atoms with van der Waals surface area (Å²) in [5.41, 5.74) is 4.07. The summed E-state index contributed by atoms with van der Waals surface area (Å²) in [6.07, 6.45) is 3.23. The number of hydrogen-bond acceptors (Lipinski definition) is 8. The predicted octanol–water partition coefficient (Wildman–Crippen LogP) is 7.32. The maximum Gasteiger partial charge on any atom is 0.407 e. The molecule has 2 aliphatic rings. The van der Waals surface area contributed by atoms with Crippen LogP contribution >= 0.6 is 0 Å². The van der Waals surface area contributed by atoms with Crippen LogP contribution in [0.15, 0.2) is 66.7 Å². The minimum Gasteiger partial charge on any atom is -0.504 e. The fourth-order valence-corrected chi connectivity index (χ4v) is 6.30. The molecule has 0 bridgehead atoms. The number of likely N-dealkylation sites (tertiary alicyclic amines) is 1. The maximum absolute atomic E-state index is 12.7. The van der Waals surface area contributed by atoms with Gasteiger partial charge in [0.1, 0.15) is 11.2 Å². The molecule has 0 unspecified atom stereocenters. The van der Waals surface area contributed by atoms with Gasteiger partial charge in [0, 0.05) is 31.7 Å². The summed E-state index contributed by atoms with van der Waals surface area (Å²) in [4.78, 5) is 38.0. The normalized spacial score (nSPS) is 15.5. The number of phenolic OH excluding ortho intramolecular Hbond substituents is 2. The molecule has 0 radical (unpaired) electrons. The number of alkyl carbamates (subject to hydrolysis) is 2. The molecule has 52 heavy (non-hydrogen) atoms. The van der Waals surface area contributed by atoms with Crippen molar-refractivity contribution < 1.29 is 34.1 Å². The molecule has 3 aromatic rings. The lowest BCUT2D eigenvalue weighted by molar-refractivity contribution is 0.0512. The zero-order chi connectivity index (χ0) is 37.9. The van der Waals surface area contributed by atoms with Crippen LogP contribution in [0.25, 0.3) is 0 Å². The number of carbonyl (C=O) groups is 3. The first kappa shape index (κ1) is 40.0. The van der Waals surface area contributed by atoms with Gasteiger partial charge in [0.05, 0.1) is 0 Å². The highest BCUT2D eigenvalue weighted by atomic mass is 16.6. The summed E-state index contributed by atoms with van der Waals surface area (Å²) in [6.45, 7) is 15.4. The summed E-state index contributed by atoms with van der Waals surface area (Å²) >= 11 is 0. The SMILES string of the molecule is CC(C)(C)OC(=O)NCc1cccc(C2CCN(C(=O)c3ccc(O)c(O)c3)CC2)c1.CC(C)(C)OC(=O)NCc1cccc(C2CCNCC2)c1. The molecule has 0 aliphatic carbocycles. The highest BCUT2D eigenvalue weighted by Gasteiger charge is 2.25. The molecule has 3 aromatic carbocycles. The van der Waals surface area contributed by atoms with Gasteiger partial charge in [-0.15, -0.1) is 0 Å². The van der Waals surface area contributed by atoms with Gasteiger partial charge < -0.3 is 40.5 Å². The van der Waals surface area contributed by atoms with E-state index >= 15 is 0 Å². The number of nitrogens with one attached hydrogen (secondary N) is 3. The largest absolute Gasteiger partial charge is 0.504 e. The Bertz CT molecular complexity index is 1650. The number of aromatic hydroxyl groups is 2. The molecule has 2 heterocycles. The third kappa shape index (κ3) is 13.1. The number of amides is 3. The van der Waals surface area contributed by atoms with Gasteiger partial charge in [0.25, 0.3) is 5.91 Å². The van der Waals surface area contributed by atoms with Gasteiger partial charge in [-0.05, 0) is 133 Å². The Kier molecular flexibility index (Phi) is 13.9. The Hall–Kier alpha value is -4.77. The van der Waals surface area contributed by atoms with Crippen LogP contribution in [0.4, 0.5) is 9.59 Å². The van der Waals surface area contributed by atoms with E-state index in [2.05, 4.69) is 46.3 Å². The monoisotopic (exact) mass is 716 g/mol. The molecule has 0 aromatic heterocycles. The molecule has 2 fully saturated rings. The Morgan fingerprint density at radius 3 is 1.63 bits per heavy atom. The number of rotatable bonds is 7. The van der Waals surface area contributed by atoms with Gasteiger partial charge in [-0.2, -0.15) is 0 Å². The van der Waals surface area contributed by atoms with Crippen molar-refractivity contribution >= 4 is 18.1 Å². The first-order valence-corrected chi connectivity index (χ1v) is 18.2. The Morgan fingerprint density at radius 1 is 0.692 bits per heavy atom. The molecular weight excluding hydrogens is 660 g/mol. The van der Waals surface area contributed by atoms with Crippen molar-refractivity contribution in [1.82, 2.24) is 20.9 Å². The lowest BCUT2D eigenvalue weighted by Gasteiger charge is -2.32. The molecule has 0 atom stereocenters. The summed E-state index contributed by atoms with van der Waals surface area (Å²) < 4.78 is 10.5. The maximum atomic E-state index is 12.7. The van der Waals surface area contributed by atoms with E-state index < -0.39 is 17.3 Å². The fraction of sp³-hybridized carbons (Fsp3) is 0.488. The lowest BCUT2D eigenvalue weighted by atomic mass is 9.88. The van der Waals surface area contributed by atoms with E-state index in [1.54, 1.807) is 4.90 Å². The quantitative estimate of drug-likeness (QED) is 0.160. The Morgan fingerprint density at radius 2 is 1.17 bits per heavy atom. The number of piperidine rings is 2. The van der Waals surface area contributed by atoms with E-state index in [0.29, 0.717) is 43.6 Å². The van der Waals surface area contributed by atoms with Crippen LogP contribution in [0.2, 0.25) is 0 Å². The Balaban J connectivity index is 0.000000251. The van der Waals surface area contributed by atoms with Crippen LogP contribution in [-0.4, -0.2) is 70.6 Å². The topological polar surface area (TPSA) is 149 Å². The molecule has 11 heteroatoms. The van der Waals surface area contributed by atoms with Gasteiger partial charge >= 0.3 is 12.2 Å². The van der Waals surface area contributed by atoms with Crippen LogP contribution in [0.3, 0.4) is 0 Å². The van der Waals surface area contributed by atoms with Crippen molar-refractivity contribution in [3.05, 3.63) is 94.5 Å². The third-order valence-electron chi connectivity index (χ3n) is 8.86. The van der Waals surface area contributed by atoms with Crippen molar-refractivity contribution in [2.45, 2.75) is 103 Å². The van der Waals surface area contributed by atoms with Crippen molar-refractivity contribution in [3.8, 4) is 11.5 Å². The molecule has 2 aliphatic heterocycles. The molecule has 3 amide bonds. The smallest absolute Gasteiger partial charge is 0.407 e. The molecule has 0 spiro atoms. The average molecular weight is 717 g/mol. The van der Waals surface area contributed by atoms with Crippen molar-refractivity contribution in [1.29, 1.82) is 0 Å². The minimum atomic E-state index is -0.532. The molecule has 5 N–H and O–H groups in total. The van der Waals surface area contributed by atoms with Gasteiger partial charge in [0.15, 0.2) is 11.5 Å².